The number of aryl methyl sites for hydroxylation is 3. The molecular weight excluding hydrogens is 593 g/mol. The van der Waals surface area contributed by atoms with E-state index in [0.29, 0.717) is 5.69 Å². The summed E-state index contributed by atoms with van der Waals surface area (Å²) in [5.74, 6) is 3.58. The first-order chi connectivity index (χ1) is 18.3. The van der Waals surface area contributed by atoms with Crippen molar-refractivity contribution in [1.29, 1.82) is 0 Å². The molecule has 3 aromatic heterocycles. The van der Waals surface area contributed by atoms with Gasteiger partial charge < -0.3 is 9.47 Å². The minimum absolute atomic E-state index is 0.0117. The first-order valence-corrected chi connectivity index (χ1v) is 14.0. The predicted octanol–water partition coefficient (Wildman–Crippen LogP) is 4.66. The van der Waals surface area contributed by atoms with E-state index in [-0.39, 0.29) is 12.3 Å². The van der Waals surface area contributed by atoms with Gasteiger partial charge in [0.25, 0.3) is 0 Å². The van der Waals surface area contributed by atoms with Crippen molar-refractivity contribution in [3.05, 3.63) is 45.0 Å². The van der Waals surface area contributed by atoms with E-state index in [9.17, 15) is 0 Å². The lowest BCUT2D eigenvalue weighted by Gasteiger charge is -2.23. The highest BCUT2D eigenvalue weighted by Crippen LogP contribution is 2.32. The molecule has 0 aliphatic carbocycles. The Morgan fingerprint density at radius 2 is 2.08 bits per heavy atom. The normalized spacial score (nSPS) is 16.7. The summed E-state index contributed by atoms with van der Waals surface area (Å²) in [6.45, 7) is 6.30. The lowest BCUT2D eigenvalue weighted by molar-refractivity contribution is -0.0367. The van der Waals surface area contributed by atoms with Crippen LogP contribution in [0.4, 0.5) is 0 Å². The van der Waals surface area contributed by atoms with Crippen LogP contribution in [0.2, 0.25) is 0 Å². The van der Waals surface area contributed by atoms with E-state index in [0.717, 1.165) is 81.8 Å². The predicted molar refractivity (Wildman–Crippen MR) is 156 cm³/mol. The fourth-order valence-corrected chi connectivity index (χ4v) is 5.75. The molecule has 4 heterocycles. The van der Waals surface area contributed by atoms with Crippen LogP contribution in [0.15, 0.2) is 24.4 Å². The minimum Gasteiger partial charge on any atom is -0.473 e. The summed E-state index contributed by atoms with van der Waals surface area (Å²) in [5.41, 5.74) is 5.89. The van der Waals surface area contributed by atoms with Gasteiger partial charge in [0.2, 0.25) is 5.88 Å². The number of ether oxygens (including phenoxy) is 2. The molecule has 1 aliphatic heterocycles. The van der Waals surface area contributed by atoms with Crippen LogP contribution in [0.25, 0.3) is 22.0 Å². The molecular formula is C28H34IN7O2. The summed E-state index contributed by atoms with van der Waals surface area (Å²) in [5, 5.41) is 14.7. The van der Waals surface area contributed by atoms with Crippen molar-refractivity contribution in [3.63, 3.8) is 0 Å². The van der Waals surface area contributed by atoms with Crippen molar-refractivity contribution < 1.29 is 9.47 Å². The maximum Gasteiger partial charge on any atom is 0.225 e. The van der Waals surface area contributed by atoms with Gasteiger partial charge in [0.1, 0.15) is 11.8 Å². The number of aromatic nitrogens is 6. The standard InChI is InChI=1S/C28H34IN7O2/c1-7-23-21-14-20(11-12-24(21)36(32-23)26-10-8-9-13-37-26)22-15-30-34(5)25(22)17-33(4)16-18(2)38-28-27(29)19(3)31-35(28)6/h1,11-12,14-15,18,26H,8-10,13,16-17H2,2-6H3. The Bertz CT molecular complexity index is 1490. The molecule has 10 heteroatoms. The third kappa shape index (κ3) is 5.19. The number of rotatable bonds is 8. The lowest BCUT2D eigenvalue weighted by Crippen LogP contribution is -2.32. The number of benzene rings is 1. The SMILES string of the molecule is C#Cc1nn(C2CCCCO2)c2ccc(-c3cnn(C)c3CN(C)CC(C)Oc3c(I)c(C)nn3C)cc12. The van der Waals surface area contributed by atoms with Crippen molar-refractivity contribution >= 4 is 33.5 Å². The van der Waals surface area contributed by atoms with Crippen LogP contribution >= 0.6 is 22.6 Å². The second-order valence-electron chi connectivity index (χ2n) is 10.1. The van der Waals surface area contributed by atoms with Crippen LogP contribution < -0.4 is 4.74 Å². The maximum atomic E-state index is 6.25. The van der Waals surface area contributed by atoms with Gasteiger partial charge in [-0.3, -0.25) is 9.58 Å². The van der Waals surface area contributed by atoms with Crippen LogP contribution in [-0.2, 0) is 25.4 Å². The Balaban J connectivity index is 1.36. The Hall–Kier alpha value is -2.88. The molecule has 0 spiro atoms. The molecule has 1 aliphatic rings. The van der Waals surface area contributed by atoms with Gasteiger partial charge in [-0.1, -0.05) is 6.07 Å². The van der Waals surface area contributed by atoms with E-state index >= 15 is 0 Å². The van der Waals surface area contributed by atoms with Gasteiger partial charge in [-0.15, -0.1) is 6.42 Å². The first-order valence-electron chi connectivity index (χ1n) is 12.9. The molecule has 0 saturated carbocycles. The van der Waals surface area contributed by atoms with Crippen LogP contribution in [0.3, 0.4) is 0 Å². The highest BCUT2D eigenvalue weighted by molar-refractivity contribution is 14.1. The highest BCUT2D eigenvalue weighted by atomic mass is 127. The summed E-state index contributed by atoms with van der Waals surface area (Å²) in [7, 11) is 6.00. The van der Waals surface area contributed by atoms with Crippen LogP contribution in [0.5, 0.6) is 5.88 Å². The zero-order valence-electron chi connectivity index (χ0n) is 22.6. The topological polar surface area (TPSA) is 75.2 Å². The van der Waals surface area contributed by atoms with E-state index in [1.165, 1.54) is 0 Å². The molecule has 200 valence electrons. The quantitative estimate of drug-likeness (QED) is 0.209. The Labute approximate surface area is 237 Å². The van der Waals surface area contributed by atoms with E-state index in [4.69, 9.17) is 21.0 Å². The second-order valence-corrected chi connectivity index (χ2v) is 11.2. The first kappa shape index (κ1) is 26.7. The molecule has 0 bridgehead atoms. The molecule has 9 nitrogen and oxygen atoms in total. The molecule has 1 fully saturated rings. The summed E-state index contributed by atoms with van der Waals surface area (Å²) in [4.78, 5) is 2.26. The van der Waals surface area contributed by atoms with Gasteiger partial charge in [0.05, 0.1) is 26.7 Å². The zero-order chi connectivity index (χ0) is 27.0. The van der Waals surface area contributed by atoms with Crippen molar-refractivity contribution in [2.24, 2.45) is 14.1 Å². The molecule has 2 unspecified atom stereocenters. The summed E-state index contributed by atoms with van der Waals surface area (Å²) in [6, 6.07) is 6.36. The van der Waals surface area contributed by atoms with Gasteiger partial charge in [-0.2, -0.15) is 15.3 Å². The molecule has 38 heavy (non-hydrogen) atoms. The minimum atomic E-state index is -0.0652. The average molecular weight is 628 g/mol. The van der Waals surface area contributed by atoms with E-state index < -0.39 is 0 Å². The fourth-order valence-electron chi connectivity index (χ4n) is 5.17. The zero-order valence-corrected chi connectivity index (χ0v) is 24.8. The van der Waals surface area contributed by atoms with Crippen molar-refractivity contribution in [1.82, 2.24) is 34.2 Å². The monoisotopic (exact) mass is 627 g/mol. The third-order valence-corrected chi connectivity index (χ3v) is 8.29. The average Bonchev–Trinajstić information content (AvgIpc) is 3.53. The number of nitrogens with zero attached hydrogens (tertiary/aromatic N) is 7. The van der Waals surface area contributed by atoms with Gasteiger partial charge in [-0.25, -0.2) is 9.36 Å². The van der Waals surface area contributed by atoms with Gasteiger partial charge >= 0.3 is 0 Å². The Morgan fingerprint density at radius 1 is 1.26 bits per heavy atom. The van der Waals surface area contributed by atoms with Crippen LogP contribution in [0, 0.1) is 22.8 Å². The van der Waals surface area contributed by atoms with Crippen molar-refractivity contribution in [2.45, 2.75) is 52.0 Å². The molecule has 4 aromatic rings. The molecule has 0 radical (unpaired) electrons. The maximum absolute atomic E-state index is 6.25. The largest absolute Gasteiger partial charge is 0.473 e. The smallest absolute Gasteiger partial charge is 0.225 e. The summed E-state index contributed by atoms with van der Waals surface area (Å²) < 4.78 is 19.0. The van der Waals surface area contributed by atoms with E-state index in [2.05, 4.69) is 75.8 Å². The lowest BCUT2D eigenvalue weighted by atomic mass is 10.0. The number of terminal acetylenes is 1. The van der Waals surface area contributed by atoms with Crippen molar-refractivity contribution in [2.75, 3.05) is 20.2 Å². The Kier molecular flexibility index (Phi) is 7.79. The fraction of sp³-hybridized carbons (Fsp3) is 0.464. The molecule has 1 aromatic carbocycles. The number of hydrogen-bond donors (Lipinski definition) is 0. The molecule has 0 N–H and O–H groups in total. The third-order valence-electron chi connectivity index (χ3n) is 7.04. The van der Waals surface area contributed by atoms with E-state index in [1.54, 1.807) is 4.68 Å². The van der Waals surface area contributed by atoms with E-state index in [1.807, 2.05) is 36.6 Å². The van der Waals surface area contributed by atoms with Crippen molar-refractivity contribution in [3.8, 4) is 29.4 Å². The van der Waals surface area contributed by atoms with Gasteiger partial charge in [0.15, 0.2) is 6.23 Å². The summed E-state index contributed by atoms with van der Waals surface area (Å²) in [6.07, 6.45) is 10.9. The number of likely N-dealkylation sites (N-methyl/N-ethyl adjacent to an activating group) is 1. The molecule has 2 atom stereocenters. The number of fused-ring (bicyclic) bond motifs is 1. The van der Waals surface area contributed by atoms with Gasteiger partial charge in [-0.05, 0) is 86.4 Å². The highest BCUT2D eigenvalue weighted by Gasteiger charge is 2.22. The van der Waals surface area contributed by atoms with Crippen LogP contribution in [-0.4, -0.2) is 60.5 Å². The van der Waals surface area contributed by atoms with Gasteiger partial charge in [0, 0.05) is 44.7 Å². The molecule has 5 rings (SSSR count). The Morgan fingerprint density at radius 3 is 2.76 bits per heavy atom. The number of halogens is 1. The molecule has 1 saturated heterocycles. The summed E-state index contributed by atoms with van der Waals surface area (Å²) >= 11 is 2.29. The molecule has 0 amide bonds. The van der Waals surface area contributed by atoms with Crippen LogP contribution in [0.1, 0.15) is 49.5 Å². The second kappa shape index (κ2) is 11.1. The number of hydrogen-bond acceptors (Lipinski definition) is 6.